The number of imide groups is 1. The van der Waals surface area contributed by atoms with E-state index < -0.39 is 11.9 Å². The highest BCUT2D eigenvalue weighted by molar-refractivity contribution is 14.1. The molecule has 124 valence electrons. The summed E-state index contributed by atoms with van der Waals surface area (Å²) in [5, 5.41) is 13.7. The van der Waals surface area contributed by atoms with Gasteiger partial charge in [0, 0.05) is 5.56 Å². The molecular weight excluding hydrogens is 433 g/mol. The Labute approximate surface area is 157 Å². The van der Waals surface area contributed by atoms with Gasteiger partial charge in [-0.2, -0.15) is 5.26 Å². The fourth-order valence-electron chi connectivity index (χ4n) is 2.28. The Kier molecular flexibility index (Phi) is 5.00. The van der Waals surface area contributed by atoms with Gasteiger partial charge < -0.3 is 10.1 Å². The van der Waals surface area contributed by atoms with Gasteiger partial charge in [-0.25, -0.2) is 4.79 Å². The van der Waals surface area contributed by atoms with Gasteiger partial charge in [-0.05, 0) is 52.4 Å². The zero-order chi connectivity index (χ0) is 17.8. The number of nitriles is 1. The summed E-state index contributed by atoms with van der Waals surface area (Å²) < 4.78 is 6.65. The molecule has 1 aliphatic heterocycles. The third kappa shape index (κ3) is 3.97. The van der Waals surface area contributed by atoms with Crippen LogP contribution >= 0.6 is 22.6 Å². The van der Waals surface area contributed by atoms with Crippen LogP contribution in [0, 0.1) is 14.9 Å². The minimum absolute atomic E-state index is 0.206. The maximum atomic E-state index is 11.5. The Balaban J connectivity index is 1.74. The van der Waals surface area contributed by atoms with Crippen molar-refractivity contribution in [3.63, 3.8) is 0 Å². The lowest BCUT2D eigenvalue weighted by Crippen LogP contribution is -2.22. The van der Waals surface area contributed by atoms with Gasteiger partial charge >= 0.3 is 6.03 Å². The highest BCUT2D eigenvalue weighted by atomic mass is 127. The number of benzene rings is 2. The first-order chi connectivity index (χ1) is 12.1. The first kappa shape index (κ1) is 17.0. The number of hydrogen-bond donors (Lipinski definition) is 2. The highest BCUT2D eigenvalue weighted by Gasteiger charge is 2.22. The van der Waals surface area contributed by atoms with Crippen LogP contribution in [0.5, 0.6) is 5.75 Å². The molecule has 0 aromatic heterocycles. The molecule has 7 heteroatoms. The predicted octanol–water partition coefficient (Wildman–Crippen LogP) is 2.92. The number of carbonyl (C=O) groups excluding carboxylic acids is 2. The van der Waals surface area contributed by atoms with Crippen LogP contribution in [0.2, 0.25) is 0 Å². The lowest BCUT2D eigenvalue weighted by Gasteiger charge is -2.10. The standard InChI is InChI=1S/C18H12IN3O3/c19-14-7-11(8-15-17(23)22-18(24)21-15)5-6-16(14)25-10-13-4-2-1-3-12(13)9-20/h1-8H,10H2,(H2,21,22,23,24)/b15-8+. The fraction of sp³-hybridized carbons (Fsp3) is 0.0556. The Morgan fingerprint density at radius 2 is 1.96 bits per heavy atom. The maximum absolute atomic E-state index is 11.5. The molecule has 1 saturated heterocycles. The average molecular weight is 445 g/mol. The molecule has 0 atom stereocenters. The molecule has 6 nitrogen and oxygen atoms in total. The van der Waals surface area contributed by atoms with Gasteiger partial charge in [-0.3, -0.25) is 10.1 Å². The summed E-state index contributed by atoms with van der Waals surface area (Å²) in [4.78, 5) is 22.7. The molecule has 0 spiro atoms. The van der Waals surface area contributed by atoms with E-state index in [0.717, 1.165) is 14.7 Å². The van der Waals surface area contributed by atoms with E-state index in [4.69, 9.17) is 10.00 Å². The molecule has 0 radical (unpaired) electrons. The number of amides is 3. The molecule has 1 aliphatic rings. The van der Waals surface area contributed by atoms with E-state index in [1.54, 1.807) is 24.3 Å². The molecule has 1 heterocycles. The van der Waals surface area contributed by atoms with Crippen molar-refractivity contribution in [1.29, 1.82) is 5.26 Å². The van der Waals surface area contributed by atoms with Crippen molar-refractivity contribution in [3.05, 3.63) is 68.4 Å². The molecule has 2 aromatic rings. The first-order valence-corrected chi connectivity index (χ1v) is 8.39. The third-order valence-corrected chi connectivity index (χ3v) is 4.35. The quantitative estimate of drug-likeness (QED) is 0.430. The molecule has 0 bridgehead atoms. The van der Waals surface area contributed by atoms with Crippen LogP contribution in [-0.2, 0) is 11.4 Å². The number of halogens is 1. The monoisotopic (exact) mass is 445 g/mol. The van der Waals surface area contributed by atoms with Crippen molar-refractivity contribution >= 4 is 40.6 Å². The average Bonchev–Trinajstić information content (AvgIpc) is 2.91. The molecule has 0 aliphatic carbocycles. The molecule has 3 amide bonds. The molecule has 25 heavy (non-hydrogen) atoms. The van der Waals surface area contributed by atoms with E-state index in [9.17, 15) is 9.59 Å². The van der Waals surface area contributed by atoms with Gasteiger partial charge in [-0.15, -0.1) is 0 Å². The number of nitrogens with zero attached hydrogens (tertiary/aromatic N) is 1. The highest BCUT2D eigenvalue weighted by Crippen LogP contribution is 2.24. The Hall–Kier alpha value is -2.86. The second-order valence-electron chi connectivity index (χ2n) is 5.21. The minimum Gasteiger partial charge on any atom is -0.488 e. The van der Waals surface area contributed by atoms with Crippen molar-refractivity contribution < 1.29 is 14.3 Å². The van der Waals surface area contributed by atoms with Crippen LogP contribution in [0.1, 0.15) is 16.7 Å². The van der Waals surface area contributed by atoms with Crippen molar-refractivity contribution in [2.75, 3.05) is 0 Å². The molecular formula is C18H12IN3O3. The largest absolute Gasteiger partial charge is 0.488 e. The molecule has 0 saturated carbocycles. The van der Waals surface area contributed by atoms with E-state index in [1.165, 1.54) is 0 Å². The second-order valence-corrected chi connectivity index (χ2v) is 6.38. The van der Waals surface area contributed by atoms with Crippen LogP contribution in [0.4, 0.5) is 4.79 Å². The number of urea groups is 1. The van der Waals surface area contributed by atoms with E-state index in [1.807, 2.05) is 24.3 Å². The van der Waals surface area contributed by atoms with Crippen molar-refractivity contribution in [2.45, 2.75) is 6.61 Å². The van der Waals surface area contributed by atoms with E-state index in [-0.39, 0.29) is 5.70 Å². The Morgan fingerprint density at radius 1 is 1.16 bits per heavy atom. The SMILES string of the molecule is N#Cc1ccccc1COc1ccc(/C=C2/NC(=O)NC2=O)cc1I. The first-order valence-electron chi connectivity index (χ1n) is 7.31. The van der Waals surface area contributed by atoms with Gasteiger partial charge in [0.2, 0.25) is 0 Å². The Morgan fingerprint density at radius 3 is 2.64 bits per heavy atom. The molecule has 1 fully saturated rings. The third-order valence-electron chi connectivity index (χ3n) is 3.51. The van der Waals surface area contributed by atoms with Crippen LogP contribution < -0.4 is 15.4 Å². The summed E-state index contributed by atoms with van der Waals surface area (Å²) in [7, 11) is 0. The van der Waals surface area contributed by atoms with E-state index in [2.05, 4.69) is 39.3 Å². The zero-order valence-corrected chi connectivity index (χ0v) is 15.0. The van der Waals surface area contributed by atoms with Crippen LogP contribution in [0.3, 0.4) is 0 Å². The van der Waals surface area contributed by atoms with Gasteiger partial charge in [-0.1, -0.05) is 24.3 Å². The maximum Gasteiger partial charge on any atom is 0.326 e. The number of nitrogens with one attached hydrogen (secondary N) is 2. The lowest BCUT2D eigenvalue weighted by molar-refractivity contribution is -0.115. The van der Waals surface area contributed by atoms with Crippen LogP contribution in [0.15, 0.2) is 48.2 Å². The molecule has 0 unspecified atom stereocenters. The van der Waals surface area contributed by atoms with Crippen molar-refractivity contribution in [1.82, 2.24) is 10.6 Å². The van der Waals surface area contributed by atoms with Crippen molar-refractivity contribution in [2.24, 2.45) is 0 Å². The van der Waals surface area contributed by atoms with Crippen molar-refractivity contribution in [3.8, 4) is 11.8 Å². The topological polar surface area (TPSA) is 91.2 Å². The summed E-state index contributed by atoms with van der Waals surface area (Å²) in [6.45, 7) is 0.290. The number of carbonyl (C=O) groups is 2. The normalized spacial score (nSPS) is 14.8. The zero-order valence-electron chi connectivity index (χ0n) is 12.9. The molecule has 3 rings (SSSR count). The molecule has 2 aromatic carbocycles. The predicted molar refractivity (Wildman–Crippen MR) is 99.3 cm³/mol. The van der Waals surface area contributed by atoms with E-state index >= 15 is 0 Å². The van der Waals surface area contributed by atoms with Gasteiger partial charge in [0.05, 0.1) is 15.2 Å². The van der Waals surface area contributed by atoms with Gasteiger partial charge in [0.25, 0.3) is 5.91 Å². The van der Waals surface area contributed by atoms with Gasteiger partial charge in [0.1, 0.15) is 18.1 Å². The fourth-order valence-corrected chi connectivity index (χ4v) is 2.98. The smallest absolute Gasteiger partial charge is 0.326 e. The summed E-state index contributed by atoms with van der Waals surface area (Å²) in [6.07, 6.45) is 1.59. The minimum atomic E-state index is -0.526. The lowest BCUT2D eigenvalue weighted by atomic mass is 10.1. The number of ether oxygens (including phenoxy) is 1. The van der Waals surface area contributed by atoms with Crippen LogP contribution in [0.25, 0.3) is 6.08 Å². The summed E-state index contributed by atoms with van der Waals surface area (Å²) >= 11 is 2.14. The number of hydrogen-bond acceptors (Lipinski definition) is 4. The second kappa shape index (κ2) is 7.36. The summed E-state index contributed by atoms with van der Waals surface area (Å²) in [5.74, 6) is 0.226. The summed E-state index contributed by atoms with van der Waals surface area (Å²) in [5.41, 5.74) is 2.37. The van der Waals surface area contributed by atoms with E-state index in [0.29, 0.717) is 17.9 Å². The molecule has 2 N–H and O–H groups in total. The van der Waals surface area contributed by atoms with Gasteiger partial charge in [0.15, 0.2) is 0 Å². The summed E-state index contributed by atoms with van der Waals surface area (Å²) in [6, 6.07) is 14.3. The van der Waals surface area contributed by atoms with Crippen LogP contribution in [-0.4, -0.2) is 11.9 Å². The number of rotatable bonds is 4. The Bertz CT molecular complexity index is 931.